The fourth-order valence-electron chi connectivity index (χ4n) is 2.01. The van der Waals surface area contributed by atoms with Crippen LogP contribution in [0, 0.1) is 0 Å². The molecule has 0 bridgehead atoms. The van der Waals surface area contributed by atoms with E-state index in [9.17, 15) is 4.79 Å². The first kappa shape index (κ1) is 13.7. The predicted octanol–water partition coefficient (Wildman–Crippen LogP) is 2.95. The molecular formula is C13H16ClNO2S. The molecule has 0 radical (unpaired) electrons. The van der Waals surface area contributed by atoms with Gasteiger partial charge in [-0.3, -0.25) is 4.79 Å². The summed E-state index contributed by atoms with van der Waals surface area (Å²) >= 11 is 7.85. The first-order valence-corrected chi connectivity index (χ1v) is 7.16. The van der Waals surface area contributed by atoms with E-state index in [1.54, 1.807) is 18.9 Å². The van der Waals surface area contributed by atoms with Crippen LogP contribution in [0.2, 0.25) is 5.02 Å². The van der Waals surface area contributed by atoms with Crippen molar-refractivity contribution >= 4 is 29.3 Å². The lowest BCUT2D eigenvalue weighted by Crippen LogP contribution is -2.33. The fourth-order valence-corrected chi connectivity index (χ4v) is 3.66. The van der Waals surface area contributed by atoms with Crippen LogP contribution in [-0.2, 0) is 9.53 Å². The average Bonchev–Trinajstić information content (AvgIpc) is 2.64. The molecule has 1 heterocycles. The van der Waals surface area contributed by atoms with Crippen LogP contribution in [0.3, 0.4) is 0 Å². The highest BCUT2D eigenvalue weighted by molar-refractivity contribution is 8.01. The molecule has 0 N–H and O–H groups in total. The summed E-state index contributed by atoms with van der Waals surface area (Å²) in [6.07, 6.45) is 0. The Morgan fingerprint density at radius 1 is 1.44 bits per heavy atom. The van der Waals surface area contributed by atoms with Crippen molar-refractivity contribution in [2.45, 2.75) is 17.5 Å². The fraction of sp³-hybridized carbons (Fsp3) is 0.462. The highest BCUT2D eigenvalue weighted by Crippen LogP contribution is 2.44. The Balaban J connectivity index is 2.25. The lowest BCUT2D eigenvalue weighted by molar-refractivity contribution is -0.130. The minimum absolute atomic E-state index is 0.00338. The molecule has 1 aromatic carbocycles. The van der Waals surface area contributed by atoms with Gasteiger partial charge >= 0.3 is 0 Å². The third kappa shape index (κ3) is 2.66. The second kappa shape index (κ2) is 5.95. The molecule has 2 atom stereocenters. The SMILES string of the molecule is COCCN1C(=O)[C@@H](C)S[C@@H]1c1ccccc1Cl. The smallest absolute Gasteiger partial charge is 0.236 e. The van der Waals surface area contributed by atoms with Crippen molar-refractivity contribution in [1.82, 2.24) is 4.90 Å². The minimum atomic E-state index is -0.0249. The molecule has 0 saturated carbocycles. The summed E-state index contributed by atoms with van der Waals surface area (Å²) in [7, 11) is 1.64. The largest absolute Gasteiger partial charge is 0.383 e. The molecular weight excluding hydrogens is 270 g/mol. The molecule has 5 heteroatoms. The maximum absolute atomic E-state index is 12.1. The number of nitrogens with zero attached hydrogens (tertiary/aromatic N) is 1. The molecule has 0 unspecified atom stereocenters. The Hall–Kier alpha value is -0.710. The van der Waals surface area contributed by atoms with Crippen LogP contribution in [0.15, 0.2) is 24.3 Å². The second-order valence-corrected chi connectivity index (χ2v) is 6.01. The van der Waals surface area contributed by atoms with Crippen molar-refractivity contribution in [2.75, 3.05) is 20.3 Å². The van der Waals surface area contributed by atoms with Gasteiger partial charge in [0.2, 0.25) is 5.91 Å². The number of ether oxygens (including phenoxy) is 1. The van der Waals surface area contributed by atoms with Crippen LogP contribution in [-0.4, -0.2) is 36.3 Å². The summed E-state index contributed by atoms with van der Waals surface area (Å²) in [5, 5.41) is 0.679. The maximum Gasteiger partial charge on any atom is 0.236 e. The first-order valence-electron chi connectivity index (χ1n) is 5.84. The van der Waals surface area contributed by atoms with Crippen molar-refractivity contribution in [2.24, 2.45) is 0 Å². The van der Waals surface area contributed by atoms with E-state index in [0.29, 0.717) is 18.2 Å². The lowest BCUT2D eigenvalue weighted by atomic mass is 10.2. The molecule has 1 aliphatic heterocycles. The van der Waals surface area contributed by atoms with Gasteiger partial charge in [-0.15, -0.1) is 11.8 Å². The number of carbonyl (C=O) groups excluding carboxylic acids is 1. The molecule has 3 nitrogen and oxygen atoms in total. The van der Waals surface area contributed by atoms with E-state index in [0.717, 1.165) is 5.56 Å². The van der Waals surface area contributed by atoms with Crippen molar-refractivity contribution in [3.05, 3.63) is 34.9 Å². The molecule has 1 fully saturated rings. The number of carbonyl (C=O) groups is 1. The molecule has 1 amide bonds. The van der Waals surface area contributed by atoms with Gasteiger partial charge in [0, 0.05) is 24.2 Å². The predicted molar refractivity (Wildman–Crippen MR) is 74.8 cm³/mol. The van der Waals surface area contributed by atoms with Crippen molar-refractivity contribution in [3.63, 3.8) is 0 Å². The Morgan fingerprint density at radius 2 is 2.17 bits per heavy atom. The molecule has 1 aromatic rings. The van der Waals surface area contributed by atoms with Gasteiger partial charge in [-0.2, -0.15) is 0 Å². The maximum atomic E-state index is 12.1. The van der Waals surface area contributed by atoms with E-state index >= 15 is 0 Å². The summed E-state index contributed by atoms with van der Waals surface area (Å²) in [6, 6.07) is 7.68. The highest BCUT2D eigenvalue weighted by atomic mass is 35.5. The van der Waals surface area contributed by atoms with Gasteiger partial charge in [-0.25, -0.2) is 0 Å². The third-order valence-electron chi connectivity index (χ3n) is 2.95. The number of rotatable bonds is 4. The van der Waals surface area contributed by atoms with Crippen LogP contribution in [0.1, 0.15) is 17.9 Å². The zero-order chi connectivity index (χ0) is 13.1. The second-order valence-electron chi connectivity index (χ2n) is 4.18. The highest BCUT2D eigenvalue weighted by Gasteiger charge is 2.38. The first-order chi connectivity index (χ1) is 8.65. The van der Waals surface area contributed by atoms with E-state index in [-0.39, 0.29) is 16.5 Å². The zero-order valence-corrected chi connectivity index (χ0v) is 12.0. The van der Waals surface area contributed by atoms with E-state index < -0.39 is 0 Å². The Morgan fingerprint density at radius 3 is 2.83 bits per heavy atom. The number of amides is 1. The van der Waals surface area contributed by atoms with Gasteiger partial charge in [0.15, 0.2) is 0 Å². The van der Waals surface area contributed by atoms with E-state index in [4.69, 9.17) is 16.3 Å². The number of benzene rings is 1. The topological polar surface area (TPSA) is 29.5 Å². The van der Waals surface area contributed by atoms with Crippen LogP contribution >= 0.6 is 23.4 Å². The third-order valence-corrected chi connectivity index (χ3v) is 4.67. The summed E-state index contributed by atoms with van der Waals surface area (Å²) in [6.45, 7) is 3.08. The van der Waals surface area contributed by atoms with Crippen molar-refractivity contribution in [3.8, 4) is 0 Å². The molecule has 2 rings (SSSR count). The van der Waals surface area contributed by atoms with Crippen molar-refractivity contribution < 1.29 is 9.53 Å². The van der Waals surface area contributed by atoms with Crippen LogP contribution in [0.5, 0.6) is 0 Å². The summed E-state index contributed by atoms with van der Waals surface area (Å²) < 4.78 is 5.07. The van der Waals surface area contributed by atoms with Gasteiger partial charge < -0.3 is 9.64 Å². The van der Waals surface area contributed by atoms with Gasteiger partial charge in [0.05, 0.1) is 11.9 Å². The van der Waals surface area contributed by atoms with Gasteiger partial charge in [0.1, 0.15) is 5.37 Å². The Kier molecular flexibility index (Phi) is 4.54. The quantitative estimate of drug-likeness (QED) is 0.852. The molecule has 1 saturated heterocycles. The molecule has 0 spiro atoms. The van der Waals surface area contributed by atoms with E-state index in [1.807, 2.05) is 36.1 Å². The lowest BCUT2D eigenvalue weighted by Gasteiger charge is -2.24. The van der Waals surface area contributed by atoms with Crippen LogP contribution in [0.4, 0.5) is 0 Å². The number of halogens is 1. The van der Waals surface area contributed by atoms with E-state index in [2.05, 4.69) is 0 Å². The van der Waals surface area contributed by atoms with E-state index in [1.165, 1.54) is 0 Å². The van der Waals surface area contributed by atoms with Crippen molar-refractivity contribution in [1.29, 1.82) is 0 Å². The summed E-state index contributed by atoms with van der Waals surface area (Å²) in [4.78, 5) is 14.0. The van der Waals surface area contributed by atoms with Gasteiger partial charge in [-0.1, -0.05) is 29.8 Å². The molecule has 0 aliphatic carbocycles. The number of hydrogen-bond donors (Lipinski definition) is 0. The monoisotopic (exact) mass is 285 g/mol. The standard InChI is InChI=1S/C13H16ClNO2S/c1-9-12(16)15(7-8-17-2)13(18-9)10-5-3-4-6-11(10)14/h3-6,9,13H,7-8H2,1-2H3/t9-,13-/m1/s1. The normalized spacial score (nSPS) is 23.7. The summed E-state index contributed by atoms with van der Waals surface area (Å²) in [5.41, 5.74) is 0.998. The number of thioether (sulfide) groups is 1. The summed E-state index contributed by atoms with van der Waals surface area (Å²) in [5.74, 6) is 0.155. The molecule has 0 aromatic heterocycles. The zero-order valence-electron chi connectivity index (χ0n) is 10.4. The Bertz CT molecular complexity index is 441. The molecule has 18 heavy (non-hydrogen) atoms. The van der Waals surface area contributed by atoms with Crippen LogP contribution < -0.4 is 0 Å². The van der Waals surface area contributed by atoms with Crippen LogP contribution in [0.25, 0.3) is 0 Å². The number of hydrogen-bond acceptors (Lipinski definition) is 3. The average molecular weight is 286 g/mol. The minimum Gasteiger partial charge on any atom is -0.383 e. The molecule has 1 aliphatic rings. The number of methoxy groups -OCH3 is 1. The van der Waals surface area contributed by atoms with Gasteiger partial charge in [0.25, 0.3) is 0 Å². The Labute approximate surface area is 116 Å². The molecule has 98 valence electrons. The van der Waals surface area contributed by atoms with Gasteiger partial charge in [-0.05, 0) is 13.0 Å².